The molecule has 9 nitrogen and oxygen atoms in total. The van der Waals surface area contributed by atoms with Crippen molar-refractivity contribution in [2.24, 2.45) is 0 Å². The maximum Gasteiger partial charge on any atom is 0.319 e. The fourth-order valence-corrected chi connectivity index (χ4v) is 3.97. The van der Waals surface area contributed by atoms with Crippen LogP contribution in [0.2, 0.25) is 5.02 Å². The molecular formula is C23H22ClN5O4. The van der Waals surface area contributed by atoms with Gasteiger partial charge in [0.2, 0.25) is 11.8 Å². The molecule has 3 N–H and O–H groups in total. The third kappa shape index (κ3) is 4.73. The van der Waals surface area contributed by atoms with Crippen molar-refractivity contribution >= 4 is 46.0 Å². The largest absolute Gasteiger partial charge is 0.334 e. The van der Waals surface area contributed by atoms with Gasteiger partial charge in [-0.25, -0.2) is 9.78 Å². The summed E-state index contributed by atoms with van der Waals surface area (Å²) in [5.41, 5.74) is 2.28. The van der Waals surface area contributed by atoms with Crippen LogP contribution in [0.4, 0.5) is 10.5 Å². The maximum atomic E-state index is 13.2. The number of anilines is 1. The van der Waals surface area contributed by atoms with Gasteiger partial charge in [0, 0.05) is 23.7 Å². The number of carbonyl (C=O) groups excluding carboxylic acids is 3. The number of carbonyl (C=O) groups is 3. The summed E-state index contributed by atoms with van der Waals surface area (Å²) in [6, 6.07) is 9.14. The zero-order valence-corrected chi connectivity index (χ0v) is 18.8. The van der Waals surface area contributed by atoms with Gasteiger partial charge >= 0.3 is 6.03 Å². The normalized spacial score (nSPS) is 15.9. The molecule has 1 unspecified atom stereocenters. The summed E-state index contributed by atoms with van der Waals surface area (Å²) in [6.07, 6.45) is 0.397. The molecule has 1 atom stereocenters. The highest BCUT2D eigenvalue weighted by atomic mass is 35.5. The van der Waals surface area contributed by atoms with Crippen LogP contribution in [0.15, 0.2) is 41.2 Å². The third-order valence-electron chi connectivity index (χ3n) is 5.55. The van der Waals surface area contributed by atoms with Crippen molar-refractivity contribution in [3.8, 4) is 0 Å². The molecule has 2 aromatic carbocycles. The van der Waals surface area contributed by atoms with E-state index in [1.165, 1.54) is 4.57 Å². The van der Waals surface area contributed by atoms with Gasteiger partial charge in [-0.1, -0.05) is 23.7 Å². The molecule has 4 amide bonds. The number of halogens is 1. The van der Waals surface area contributed by atoms with Crippen molar-refractivity contribution in [1.82, 2.24) is 20.2 Å². The second-order valence-corrected chi connectivity index (χ2v) is 8.33. The van der Waals surface area contributed by atoms with E-state index in [0.29, 0.717) is 33.0 Å². The summed E-state index contributed by atoms with van der Waals surface area (Å²) in [7, 11) is 0. The van der Waals surface area contributed by atoms with E-state index in [9.17, 15) is 19.2 Å². The topological polar surface area (TPSA) is 122 Å². The number of rotatable bonds is 4. The van der Waals surface area contributed by atoms with Gasteiger partial charge in [0.05, 0.1) is 10.9 Å². The van der Waals surface area contributed by atoms with Crippen molar-refractivity contribution in [1.29, 1.82) is 0 Å². The Labute approximate surface area is 194 Å². The fraction of sp³-hybridized carbons (Fsp3) is 0.261. The van der Waals surface area contributed by atoms with Crippen LogP contribution in [0.1, 0.15) is 35.8 Å². The number of fused-ring (bicyclic) bond motifs is 1. The molecular weight excluding hydrogens is 446 g/mol. The van der Waals surface area contributed by atoms with E-state index < -0.39 is 18.0 Å². The van der Waals surface area contributed by atoms with Gasteiger partial charge in [0.15, 0.2) is 0 Å². The van der Waals surface area contributed by atoms with Crippen molar-refractivity contribution in [2.75, 3.05) is 5.32 Å². The number of hydrogen-bond donors (Lipinski definition) is 3. The van der Waals surface area contributed by atoms with E-state index in [-0.39, 0.29) is 30.9 Å². The maximum absolute atomic E-state index is 13.2. The number of aryl methyl sites for hydroxylation is 2. The smallest absolute Gasteiger partial charge is 0.319 e. The van der Waals surface area contributed by atoms with E-state index in [0.717, 1.165) is 5.56 Å². The van der Waals surface area contributed by atoms with Crippen LogP contribution in [0.5, 0.6) is 0 Å². The van der Waals surface area contributed by atoms with Crippen LogP contribution in [0.3, 0.4) is 0 Å². The minimum Gasteiger partial charge on any atom is -0.334 e. The predicted molar refractivity (Wildman–Crippen MR) is 124 cm³/mol. The van der Waals surface area contributed by atoms with Crippen LogP contribution in [0, 0.1) is 13.8 Å². The van der Waals surface area contributed by atoms with Crippen LogP contribution >= 0.6 is 11.6 Å². The summed E-state index contributed by atoms with van der Waals surface area (Å²) in [6.45, 7) is 3.70. The van der Waals surface area contributed by atoms with Gasteiger partial charge in [-0.3, -0.25) is 24.3 Å². The highest BCUT2D eigenvalue weighted by molar-refractivity contribution is 6.31. The average molecular weight is 468 g/mol. The first-order valence-corrected chi connectivity index (χ1v) is 10.8. The SMILES string of the molecule is Cc1ccc(NC(=O)NCc2ccc3nc(C)n(C4CCC(=O)NC4=O)c(=O)c3c2)cc1Cl. The Morgan fingerprint density at radius 3 is 2.70 bits per heavy atom. The number of nitrogens with zero attached hydrogens (tertiary/aromatic N) is 2. The molecule has 0 bridgehead atoms. The monoisotopic (exact) mass is 467 g/mol. The van der Waals surface area contributed by atoms with E-state index >= 15 is 0 Å². The second-order valence-electron chi connectivity index (χ2n) is 7.92. The van der Waals surface area contributed by atoms with Crippen molar-refractivity contribution in [3.63, 3.8) is 0 Å². The average Bonchev–Trinajstić information content (AvgIpc) is 2.76. The first-order valence-electron chi connectivity index (χ1n) is 10.4. The lowest BCUT2D eigenvalue weighted by molar-refractivity contribution is -0.135. The van der Waals surface area contributed by atoms with Crippen LogP contribution in [-0.2, 0) is 16.1 Å². The molecule has 0 spiro atoms. The molecule has 3 aromatic rings. The molecule has 1 aliphatic heterocycles. The number of urea groups is 1. The molecule has 1 aliphatic rings. The lowest BCUT2D eigenvalue weighted by Crippen LogP contribution is -2.45. The molecule has 1 aromatic heterocycles. The molecule has 0 aliphatic carbocycles. The van der Waals surface area contributed by atoms with Gasteiger partial charge in [-0.15, -0.1) is 0 Å². The Kier molecular flexibility index (Phi) is 6.15. The highest BCUT2D eigenvalue weighted by Crippen LogP contribution is 2.21. The van der Waals surface area contributed by atoms with Crippen molar-refractivity contribution in [3.05, 3.63) is 68.7 Å². The Morgan fingerprint density at radius 1 is 1.18 bits per heavy atom. The van der Waals surface area contributed by atoms with E-state index in [4.69, 9.17) is 11.6 Å². The molecule has 0 saturated carbocycles. The Hall–Kier alpha value is -3.72. The minimum atomic E-state index is -0.791. The fourth-order valence-electron chi connectivity index (χ4n) is 3.79. The summed E-state index contributed by atoms with van der Waals surface area (Å²) in [5.74, 6) is -0.470. The summed E-state index contributed by atoms with van der Waals surface area (Å²) in [5, 5.41) is 8.61. The third-order valence-corrected chi connectivity index (χ3v) is 5.95. The number of aromatic nitrogens is 2. The van der Waals surface area contributed by atoms with Crippen molar-refractivity contribution in [2.45, 2.75) is 39.3 Å². The highest BCUT2D eigenvalue weighted by Gasteiger charge is 2.30. The van der Waals surface area contributed by atoms with E-state index in [2.05, 4.69) is 20.9 Å². The lowest BCUT2D eigenvalue weighted by atomic mass is 10.0. The number of hydrogen-bond acceptors (Lipinski definition) is 5. The Bertz CT molecular complexity index is 1350. The zero-order chi connectivity index (χ0) is 23.7. The molecule has 1 fully saturated rings. The number of amides is 4. The van der Waals surface area contributed by atoms with E-state index in [1.54, 1.807) is 37.3 Å². The molecule has 10 heteroatoms. The van der Waals surface area contributed by atoms with Crippen LogP contribution in [0.25, 0.3) is 10.9 Å². The Morgan fingerprint density at radius 2 is 1.97 bits per heavy atom. The van der Waals surface area contributed by atoms with Crippen LogP contribution < -0.4 is 21.5 Å². The number of nitrogens with one attached hydrogen (secondary N) is 3. The Balaban J connectivity index is 1.54. The number of piperidine rings is 1. The molecule has 4 rings (SSSR count). The van der Waals surface area contributed by atoms with Gasteiger partial charge in [0.1, 0.15) is 11.9 Å². The zero-order valence-electron chi connectivity index (χ0n) is 18.1. The van der Waals surface area contributed by atoms with E-state index in [1.807, 2.05) is 13.0 Å². The van der Waals surface area contributed by atoms with Gasteiger partial charge in [0.25, 0.3) is 5.56 Å². The van der Waals surface area contributed by atoms with Gasteiger partial charge in [-0.05, 0) is 55.7 Å². The predicted octanol–water partition coefficient (Wildman–Crippen LogP) is 2.97. The molecule has 2 heterocycles. The molecule has 1 saturated heterocycles. The minimum absolute atomic E-state index is 0.158. The quantitative estimate of drug-likeness (QED) is 0.509. The van der Waals surface area contributed by atoms with Gasteiger partial charge < -0.3 is 10.6 Å². The summed E-state index contributed by atoms with van der Waals surface area (Å²) < 4.78 is 1.33. The second kappa shape index (κ2) is 9.03. The molecule has 170 valence electrons. The molecule has 0 radical (unpaired) electrons. The molecule has 33 heavy (non-hydrogen) atoms. The number of benzene rings is 2. The first kappa shape index (κ1) is 22.5. The summed E-state index contributed by atoms with van der Waals surface area (Å²) in [4.78, 5) is 53.7. The van der Waals surface area contributed by atoms with Crippen LogP contribution in [-0.4, -0.2) is 27.4 Å². The lowest BCUT2D eigenvalue weighted by Gasteiger charge is -2.24. The number of imide groups is 1. The van der Waals surface area contributed by atoms with Gasteiger partial charge in [-0.2, -0.15) is 0 Å². The summed E-state index contributed by atoms with van der Waals surface area (Å²) >= 11 is 6.09. The first-order chi connectivity index (χ1) is 15.7. The van der Waals surface area contributed by atoms with Crippen molar-refractivity contribution < 1.29 is 14.4 Å². The standard InChI is InChI=1S/C23H22ClN5O4/c1-12-3-5-15(10-17(12)24)27-23(33)25-11-14-4-6-18-16(9-14)22(32)29(13(2)26-18)19-7-8-20(30)28-21(19)31/h3-6,9-10,19H,7-8,11H2,1-2H3,(H2,25,27,33)(H,28,30,31).